The molecule has 1 saturated heterocycles. The topological polar surface area (TPSA) is 157 Å². The van der Waals surface area contributed by atoms with Gasteiger partial charge < -0.3 is 25.7 Å². The third kappa shape index (κ3) is 4.69. The van der Waals surface area contributed by atoms with Gasteiger partial charge in [-0.15, -0.1) is 0 Å². The second kappa shape index (κ2) is 8.63. The summed E-state index contributed by atoms with van der Waals surface area (Å²) in [4.78, 5) is 39.9. The van der Waals surface area contributed by atoms with Gasteiger partial charge in [-0.25, -0.2) is 9.97 Å². The minimum atomic E-state index is -0.669. The summed E-state index contributed by atoms with van der Waals surface area (Å²) in [6.45, 7) is 6.96. The molecule has 0 aliphatic carbocycles. The van der Waals surface area contributed by atoms with E-state index in [1.807, 2.05) is 25.7 Å². The summed E-state index contributed by atoms with van der Waals surface area (Å²) in [5.74, 6) is -0.527. The van der Waals surface area contributed by atoms with E-state index >= 15 is 0 Å². The van der Waals surface area contributed by atoms with Crippen LogP contribution in [0.3, 0.4) is 0 Å². The predicted molar refractivity (Wildman–Crippen MR) is 133 cm³/mol. The van der Waals surface area contributed by atoms with Crippen LogP contribution >= 0.6 is 0 Å². The van der Waals surface area contributed by atoms with Crippen molar-refractivity contribution in [3.05, 3.63) is 53.7 Å². The van der Waals surface area contributed by atoms with Crippen molar-refractivity contribution in [1.82, 2.24) is 30.0 Å². The standard InChI is InChI=1S/C24H27N9O3/c1-24(2,3)31-22(35)13-5-6-16-18(7-13)36-23(30-16)33-10-14(11-33)17-9-26-21(19(29-17)20(25)34)28-15-8-27-32(4)12-15/h5-9,12,14H,10-11H2,1-4H3,(H2,25,34)(H,26,28)(H,31,35). The Labute approximate surface area is 206 Å². The fraction of sp³-hybridized carbons (Fsp3) is 0.333. The molecule has 0 spiro atoms. The fourth-order valence-electron chi connectivity index (χ4n) is 3.91. The van der Waals surface area contributed by atoms with Crippen LogP contribution in [0.2, 0.25) is 0 Å². The highest BCUT2D eigenvalue weighted by atomic mass is 16.4. The number of nitrogens with one attached hydrogen (secondary N) is 2. The van der Waals surface area contributed by atoms with E-state index in [2.05, 4.69) is 30.7 Å². The van der Waals surface area contributed by atoms with E-state index in [9.17, 15) is 9.59 Å². The van der Waals surface area contributed by atoms with Crippen LogP contribution in [-0.2, 0) is 7.05 Å². The molecule has 1 fully saturated rings. The summed E-state index contributed by atoms with van der Waals surface area (Å²) in [6.07, 6.45) is 5.01. The number of benzene rings is 1. The van der Waals surface area contributed by atoms with Crippen LogP contribution in [0.5, 0.6) is 0 Å². The lowest BCUT2D eigenvalue weighted by atomic mass is 9.97. The Morgan fingerprint density at radius 3 is 2.61 bits per heavy atom. The first-order valence-electron chi connectivity index (χ1n) is 11.5. The monoisotopic (exact) mass is 489 g/mol. The molecular formula is C24H27N9O3. The third-order valence-electron chi connectivity index (χ3n) is 5.69. The van der Waals surface area contributed by atoms with Crippen molar-refractivity contribution in [2.75, 3.05) is 23.3 Å². The van der Waals surface area contributed by atoms with Crippen molar-refractivity contribution in [3.63, 3.8) is 0 Å². The molecule has 12 heteroatoms. The number of hydrogen-bond donors (Lipinski definition) is 3. The van der Waals surface area contributed by atoms with Crippen molar-refractivity contribution >= 4 is 40.4 Å². The van der Waals surface area contributed by atoms with Crippen LogP contribution in [0.25, 0.3) is 11.1 Å². The summed E-state index contributed by atoms with van der Waals surface area (Å²) in [5, 5.41) is 10.1. The normalized spacial score (nSPS) is 14.1. The van der Waals surface area contributed by atoms with Crippen LogP contribution in [0.4, 0.5) is 17.5 Å². The Hall–Kier alpha value is -4.48. The van der Waals surface area contributed by atoms with Gasteiger partial charge in [-0.05, 0) is 39.0 Å². The number of carbonyl (C=O) groups excluding carboxylic acids is 2. The summed E-state index contributed by atoms with van der Waals surface area (Å²) in [6, 6.07) is 5.67. The van der Waals surface area contributed by atoms with Crippen LogP contribution < -0.4 is 21.3 Å². The lowest BCUT2D eigenvalue weighted by Crippen LogP contribution is -2.45. The Bertz CT molecular complexity index is 1460. The summed E-state index contributed by atoms with van der Waals surface area (Å²) in [7, 11) is 1.79. The Morgan fingerprint density at radius 2 is 1.94 bits per heavy atom. The van der Waals surface area contributed by atoms with Gasteiger partial charge >= 0.3 is 0 Å². The van der Waals surface area contributed by atoms with E-state index in [1.54, 1.807) is 48.5 Å². The van der Waals surface area contributed by atoms with E-state index in [4.69, 9.17) is 10.2 Å². The van der Waals surface area contributed by atoms with Gasteiger partial charge in [-0.2, -0.15) is 10.1 Å². The highest BCUT2D eigenvalue weighted by Crippen LogP contribution is 2.33. The fourth-order valence-corrected chi connectivity index (χ4v) is 3.91. The third-order valence-corrected chi connectivity index (χ3v) is 5.69. The van der Waals surface area contributed by atoms with Gasteiger partial charge in [0, 0.05) is 43.4 Å². The average molecular weight is 490 g/mol. The van der Waals surface area contributed by atoms with E-state index in [0.717, 1.165) is 0 Å². The number of aryl methyl sites for hydroxylation is 1. The molecule has 3 aromatic heterocycles. The molecule has 12 nitrogen and oxygen atoms in total. The van der Waals surface area contributed by atoms with E-state index in [1.165, 1.54) is 0 Å². The number of nitrogens with zero attached hydrogens (tertiary/aromatic N) is 6. The molecule has 186 valence electrons. The SMILES string of the molecule is Cn1cc(Nc2ncc(C3CN(c4nc5ccc(C(=O)NC(C)(C)C)cc5o4)C3)nc2C(N)=O)cn1. The van der Waals surface area contributed by atoms with E-state index in [-0.39, 0.29) is 28.9 Å². The molecule has 2 amide bonds. The molecule has 1 aliphatic rings. The first-order valence-corrected chi connectivity index (χ1v) is 11.5. The number of anilines is 3. The summed E-state index contributed by atoms with van der Waals surface area (Å²) < 4.78 is 7.56. The molecule has 1 aliphatic heterocycles. The Balaban J connectivity index is 1.29. The van der Waals surface area contributed by atoms with Crippen LogP contribution in [-0.4, -0.2) is 55.2 Å². The average Bonchev–Trinajstić information content (AvgIpc) is 3.37. The number of rotatable bonds is 6. The Morgan fingerprint density at radius 1 is 1.17 bits per heavy atom. The molecule has 0 bridgehead atoms. The van der Waals surface area contributed by atoms with Crippen molar-refractivity contribution in [2.45, 2.75) is 32.2 Å². The lowest BCUT2D eigenvalue weighted by Gasteiger charge is -2.37. The van der Waals surface area contributed by atoms with Crippen molar-refractivity contribution < 1.29 is 14.0 Å². The molecular weight excluding hydrogens is 462 g/mol. The zero-order chi connectivity index (χ0) is 25.6. The van der Waals surface area contributed by atoms with Gasteiger partial charge in [0.05, 0.1) is 23.8 Å². The number of nitrogens with two attached hydrogens (primary N) is 1. The van der Waals surface area contributed by atoms with Crippen LogP contribution in [0, 0.1) is 0 Å². The molecule has 0 atom stereocenters. The largest absolute Gasteiger partial charge is 0.423 e. The highest BCUT2D eigenvalue weighted by molar-refractivity contribution is 5.97. The van der Waals surface area contributed by atoms with Gasteiger partial charge in [0.1, 0.15) is 5.52 Å². The molecule has 0 saturated carbocycles. The number of carbonyl (C=O) groups is 2. The maximum absolute atomic E-state index is 12.5. The summed E-state index contributed by atoms with van der Waals surface area (Å²) in [5.41, 5.74) is 8.35. The number of aromatic nitrogens is 5. The van der Waals surface area contributed by atoms with Crippen LogP contribution in [0.1, 0.15) is 53.2 Å². The lowest BCUT2D eigenvalue weighted by molar-refractivity contribution is 0.0918. The quantitative estimate of drug-likeness (QED) is 0.370. The zero-order valence-electron chi connectivity index (χ0n) is 20.4. The van der Waals surface area contributed by atoms with Crippen molar-refractivity contribution in [2.24, 2.45) is 12.8 Å². The molecule has 1 aromatic carbocycles. The molecule has 4 aromatic rings. The molecule has 0 unspecified atom stereocenters. The minimum absolute atomic E-state index is 0.0335. The van der Waals surface area contributed by atoms with Gasteiger partial charge in [-0.3, -0.25) is 14.3 Å². The number of fused-ring (bicyclic) bond motifs is 1. The van der Waals surface area contributed by atoms with Gasteiger partial charge in [0.15, 0.2) is 17.1 Å². The van der Waals surface area contributed by atoms with Gasteiger partial charge in [0.2, 0.25) is 0 Å². The molecule has 4 heterocycles. The van der Waals surface area contributed by atoms with E-state index < -0.39 is 5.91 Å². The van der Waals surface area contributed by atoms with Gasteiger partial charge in [-0.1, -0.05) is 0 Å². The number of primary amides is 1. The van der Waals surface area contributed by atoms with Gasteiger partial charge in [0.25, 0.3) is 17.8 Å². The first-order chi connectivity index (χ1) is 17.1. The summed E-state index contributed by atoms with van der Waals surface area (Å²) >= 11 is 0. The van der Waals surface area contributed by atoms with E-state index in [0.29, 0.717) is 47.1 Å². The van der Waals surface area contributed by atoms with Crippen molar-refractivity contribution in [3.8, 4) is 0 Å². The first kappa shape index (κ1) is 23.3. The second-order valence-corrected chi connectivity index (χ2v) is 9.87. The molecule has 5 rings (SSSR count). The molecule has 4 N–H and O–H groups in total. The highest BCUT2D eigenvalue weighted by Gasteiger charge is 2.33. The zero-order valence-corrected chi connectivity index (χ0v) is 20.4. The second-order valence-electron chi connectivity index (χ2n) is 9.87. The maximum atomic E-state index is 12.5. The molecule has 36 heavy (non-hydrogen) atoms. The number of hydrogen-bond acceptors (Lipinski definition) is 9. The van der Waals surface area contributed by atoms with Crippen LogP contribution in [0.15, 0.2) is 41.2 Å². The smallest absolute Gasteiger partial charge is 0.298 e. The number of oxazole rings is 1. The van der Waals surface area contributed by atoms with Crippen molar-refractivity contribution in [1.29, 1.82) is 0 Å². The predicted octanol–water partition coefficient (Wildman–Crippen LogP) is 2.33. The minimum Gasteiger partial charge on any atom is -0.423 e. The molecule has 0 radical (unpaired) electrons. The Kier molecular flexibility index (Phi) is 5.58. The maximum Gasteiger partial charge on any atom is 0.298 e. The number of amides is 2.